The van der Waals surface area contributed by atoms with Crippen LogP contribution in [0, 0.1) is 5.92 Å². The topological polar surface area (TPSA) is 59.0 Å². The summed E-state index contributed by atoms with van der Waals surface area (Å²) in [6, 6.07) is 1.80. The highest BCUT2D eigenvalue weighted by atomic mass is 35.5. The third-order valence-corrected chi connectivity index (χ3v) is 2.74. The van der Waals surface area contributed by atoms with E-state index in [0.29, 0.717) is 0 Å². The lowest BCUT2D eigenvalue weighted by Gasteiger charge is -2.21. The van der Waals surface area contributed by atoms with Gasteiger partial charge in [0.25, 0.3) is 0 Å². The molecule has 1 aromatic heterocycles. The minimum Gasteiger partial charge on any atom is -0.316 e. The van der Waals surface area contributed by atoms with Crippen LogP contribution in [0.2, 0.25) is 0 Å². The Balaban J connectivity index is 0.00000128. The smallest absolute Gasteiger partial charge is 0.229 e. The first-order valence-electron chi connectivity index (χ1n) is 5.27. The van der Waals surface area contributed by atoms with Gasteiger partial charge in [-0.15, -0.1) is 12.4 Å². The number of carbonyl (C=O) groups excluding carboxylic acids is 1. The van der Waals surface area contributed by atoms with Crippen LogP contribution in [0.1, 0.15) is 12.8 Å². The quantitative estimate of drug-likeness (QED) is 0.809. The molecule has 2 heterocycles. The van der Waals surface area contributed by atoms with Crippen molar-refractivity contribution in [1.29, 1.82) is 0 Å². The van der Waals surface area contributed by atoms with Crippen LogP contribution in [0.3, 0.4) is 0 Å². The molecule has 16 heavy (non-hydrogen) atoms. The van der Waals surface area contributed by atoms with E-state index < -0.39 is 0 Å². The molecule has 0 saturated carbocycles. The van der Waals surface area contributed by atoms with E-state index in [-0.39, 0.29) is 24.2 Å². The van der Waals surface area contributed by atoms with Gasteiger partial charge in [0.15, 0.2) is 0 Å². The highest BCUT2D eigenvalue weighted by molar-refractivity contribution is 5.91. The fourth-order valence-corrected chi connectivity index (χ4v) is 1.80. The number of piperidine rings is 1. The van der Waals surface area contributed by atoms with Crippen LogP contribution in [0.25, 0.3) is 0 Å². The molecule has 1 saturated heterocycles. The van der Waals surface area contributed by atoms with E-state index in [4.69, 9.17) is 0 Å². The Morgan fingerprint density at radius 3 is 3.06 bits per heavy atom. The first kappa shape index (κ1) is 13.0. The van der Waals surface area contributed by atoms with Gasteiger partial charge in [-0.3, -0.25) is 9.48 Å². The molecule has 6 heteroatoms. The molecule has 1 aromatic rings. The van der Waals surface area contributed by atoms with Gasteiger partial charge in [0.05, 0.1) is 12.1 Å². The maximum Gasteiger partial charge on any atom is 0.229 e. The molecule has 0 aliphatic carbocycles. The molecular weight excluding hydrogens is 228 g/mol. The molecule has 90 valence electrons. The SMILES string of the molecule is Cl.Cn1nccc1NC(=O)C1CCCNC1. The number of nitrogens with one attached hydrogen (secondary N) is 2. The lowest BCUT2D eigenvalue weighted by molar-refractivity contribution is -0.120. The summed E-state index contributed by atoms with van der Waals surface area (Å²) >= 11 is 0. The fourth-order valence-electron chi connectivity index (χ4n) is 1.80. The number of nitrogens with zero attached hydrogens (tertiary/aromatic N) is 2. The van der Waals surface area contributed by atoms with Crippen molar-refractivity contribution in [3.05, 3.63) is 12.3 Å². The largest absolute Gasteiger partial charge is 0.316 e. The molecule has 0 aromatic carbocycles. The first-order chi connectivity index (χ1) is 7.27. The lowest BCUT2D eigenvalue weighted by atomic mass is 9.99. The number of halogens is 1. The normalized spacial score (nSPS) is 19.9. The Hall–Kier alpha value is -1.07. The maximum absolute atomic E-state index is 11.8. The number of aryl methyl sites for hydroxylation is 1. The number of anilines is 1. The highest BCUT2D eigenvalue weighted by Gasteiger charge is 2.21. The summed E-state index contributed by atoms with van der Waals surface area (Å²) in [5, 5.41) is 10.1. The predicted molar refractivity (Wildman–Crippen MR) is 64.7 cm³/mol. The van der Waals surface area contributed by atoms with Crippen molar-refractivity contribution in [2.24, 2.45) is 13.0 Å². The van der Waals surface area contributed by atoms with Crippen molar-refractivity contribution in [2.75, 3.05) is 18.4 Å². The van der Waals surface area contributed by atoms with Gasteiger partial charge in [0.2, 0.25) is 5.91 Å². The van der Waals surface area contributed by atoms with E-state index in [2.05, 4.69) is 15.7 Å². The molecule has 0 spiro atoms. The second-order valence-corrected chi connectivity index (χ2v) is 3.87. The molecule has 0 bridgehead atoms. The first-order valence-corrected chi connectivity index (χ1v) is 5.27. The van der Waals surface area contributed by atoms with E-state index in [0.717, 1.165) is 31.7 Å². The molecule has 1 aliphatic heterocycles. The predicted octanol–water partition coefficient (Wildman–Crippen LogP) is 0.780. The third kappa shape index (κ3) is 2.96. The minimum atomic E-state index is 0. The molecule has 2 N–H and O–H groups in total. The number of carbonyl (C=O) groups is 1. The van der Waals surface area contributed by atoms with E-state index >= 15 is 0 Å². The number of amides is 1. The lowest BCUT2D eigenvalue weighted by Crippen LogP contribution is -2.37. The Morgan fingerprint density at radius 1 is 1.69 bits per heavy atom. The summed E-state index contributed by atoms with van der Waals surface area (Å²) in [6.45, 7) is 1.80. The van der Waals surface area contributed by atoms with Gasteiger partial charge in [-0.05, 0) is 19.4 Å². The number of aromatic nitrogens is 2. The van der Waals surface area contributed by atoms with E-state index in [1.165, 1.54) is 0 Å². The second-order valence-electron chi connectivity index (χ2n) is 3.87. The van der Waals surface area contributed by atoms with E-state index in [1.807, 2.05) is 7.05 Å². The van der Waals surface area contributed by atoms with Crippen molar-refractivity contribution < 1.29 is 4.79 Å². The van der Waals surface area contributed by atoms with Crippen LogP contribution in [0.15, 0.2) is 12.3 Å². The van der Waals surface area contributed by atoms with Gasteiger partial charge in [-0.25, -0.2) is 0 Å². The van der Waals surface area contributed by atoms with Crippen molar-refractivity contribution in [3.63, 3.8) is 0 Å². The monoisotopic (exact) mass is 244 g/mol. The zero-order chi connectivity index (χ0) is 10.7. The summed E-state index contributed by atoms with van der Waals surface area (Å²) in [7, 11) is 1.81. The molecular formula is C10H17ClN4O. The van der Waals surface area contributed by atoms with Gasteiger partial charge in [0.1, 0.15) is 5.82 Å². The van der Waals surface area contributed by atoms with Crippen LogP contribution in [0.5, 0.6) is 0 Å². The minimum absolute atomic E-state index is 0. The molecule has 1 unspecified atom stereocenters. The van der Waals surface area contributed by atoms with Crippen molar-refractivity contribution in [1.82, 2.24) is 15.1 Å². The Labute approximate surface area is 101 Å². The van der Waals surface area contributed by atoms with Crippen LogP contribution in [0.4, 0.5) is 5.82 Å². The summed E-state index contributed by atoms with van der Waals surface area (Å²) in [5.41, 5.74) is 0. The summed E-state index contributed by atoms with van der Waals surface area (Å²) in [5.74, 6) is 0.935. The third-order valence-electron chi connectivity index (χ3n) is 2.74. The zero-order valence-corrected chi connectivity index (χ0v) is 10.1. The van der Waals surface area contributed by atoms with Crippen LogP contribution < -0.4 is 10.6 Å². The van der Waals surface area contributed by atoms with Crippen LogP contribution in [-0.2, 0) is 11.8 Å². The Kier molecular flexibility index (Phi) is 4.76. The summed E-state index contributed by atoms with van der Waals surface area (Å²) in [6.07, 6.45) is 3.72. The number of hydrogen-bond donors (Lipinski definition) is 2. The molecule has 1 fully saturated rings. The van der Waals surface area contributed by atoms with E-state index in [1.54, 1.807) is 16.9 Å². The second kappa shape index (κ2) is 5.86. The van der Waals surface area contributed by atoms with Crippen molar-refractivity contribution >= 4 is 24.1 Å². The van der Waals surface area contributed by atoms with Crippen LogP contribution in [-0.4, -0.2) is 28.8 Å². The van der Waals surface area contributed by atoms with Gasteiger partial charge >= 0.3 is 0 Å². The molecule has 1 aliphatic rings. The standard InChI is InChI=1S/C10H16N4O.ClH/c1-14-9(4-6-12-14)13-10(15)8-3-2-5-11-7-8;/h4,6,8,11H,2-3,5,7H2,1H3,(H,13,15);1H. The van der Waals surface area contributed by atoms with Crippen molar-refractivity contribution in [3.8, 4) is 0 Å². The average molecular weight is 245 g/mol. The molecule has 0 radical (unpaired) electrons. The number of rotatable bonds is 2. The van der Waals surface area contributed by atoms with Gasteiger partial charge < -0.3 is 10.6 Å². The maximum atomic E-state index is 11.8. The van der Waals surface area contributed by atoms with Crippen molar-refractivity contribution in [2.45, 2.75) is 12.8 Å². The molecule has 1 amide bonds. The fraction of sp³-hybridized carbons (Fsp3) is 0.600. The molecule has 5 nitrogen and oxygen atoms in total. The van der Waals surface area contributed by atoms with Gasteiger partial charge in [-0.2, -0.15) is 5.10 Å². The average Bonchev–Trinajstić information content (AvgIpc) is 2.66. The van der Waals surface area contributed by atoms with E-state index in [9.17, 15) is 4.79 Å². The Bertz CT molecular complexity index is 346. The Morgan fingerprint density at radius 2 is 2.50 bits per heavy atom. The highest BCUT2D eigenvalue weighted by Crippen LogP contribution is 2.13. The number of hydrogen-bond acceptors (Lipinski definition) is 3. The summed E-state index contributed by atoms with van der Waals surface area (Å²) in [4.78, 5) is 11.8. The molecule has 1 atom stereocenters. The zero-order valence-electron chi connectivity index (χ0n) is 9.27. The van der Waals surface area contributed by atoms with Crippen LogP contribution >= 0.6 is 12.4 Å². The van der Waals surface area contributed by atoms with Gasteiger partial charge in [0, 0.05) is 19.7 Å². The van der Waals surface area contributed by atoms with Gasteiger partial charge in [-0.1, -0.05) is 0 Å². The molecule has 2 rings (SSSR count). The summed E-state index contributed by atoms with van der Waals surface area (Å²) < 4.78 is 1.66.